The maximum Gasteiger partial charge on any atom is 0.343 e. The van der Waals surface area contributed by atoms with E-state index in [1.54, 1.807) is 14.0 Å². The molecule has 6 heteroatoms. The second-order valence-corrected chi connectivity index (χ2v) is 11.9. The lowest BCUT2D eigenvalue weighted by Gasteiger charge is -2.31. The van der Waals surface area contributed by atoms with Crippen LogP contribution in [0.5, 0.6) is 5.75 Å². The summed E-state index contributed by atoms with van der Waals surface area (Å²) < 4.78 is 29.2. The van der Waals surface area contributed by atoms with Gasteiger partial charge in [0.2, 0.25) is 0 Å². The van der Waals surface area contributed by atoms with Crippen LogP contribution in [0, 0.1) is 0 Å². The van der Waals surface area contributed by atoms with E-state index < -0.39 is 12.8 Å². The number of ether oxygens (including phenoxy) is 1. The Bertz CT molecular complexity index is 857. The first-order valence-corrected chi connectivity index (χ1v) is 12.2. The second-order valence-electron chi connectivity index (χ2n) is 9.15. The number of allylic oxidation sites excluding steroid dienone is 1. The lowest BCUT2D eigenvalue weighted by Crippen LogP contribution is -2.34. The fourth-order valence-electron chi connectivity index (χ4n) is 4.21. The minimum atomic E-state index is -3.57. The van der Waals surface area contributed by atoms with Crippen molar-refractivity contribution in [2.75, 3.05) is 21.3 Å². The van der Waals surface area contributed by atoms with E-state index in [0.29, 0.717) is 6.42 Å². The van der Waals surface area contributed by atoms with Crippen molar-refractivity contribution in [1.29, 1.82) is 0 Å². The fraction of sp³-hybridized carbons (Fsp3) is 0.625. The largest absolute Gasteiger partial charge is 0.496 e. The van der Waals surface area contributed by atoms with Gasteiger partial charge in [0.25, 0.3) is 0 Å². The summed E-state index contributed by atoms with van der Waals surface area (Å²) in [6.45, 7) is 9.97. The van der Waals surface area contributed by atoms with Crippen LogP contribution in [0.25, 0.3) is 6.08 Å². The molecule has 0 bridgehead atoms. The molecule has 0 aliphatic heterocycles. The van der Waals surface area contributed by atoms with Crippen molar-refractivity contribution < 1.29 is 23.1 Å². The molecule has 1 aliphatic rings. The van der Waals surface area contributed by atoms with Crippen LogP contribution in [-0.2, 0) is 36.7 Å². The van der Waals surface area contributed by atoms with E-state index in [4.69, 9.17) is 13.8 Å². The summed E-state index contributed by atoms with van der Waals surface area (Å²) in [5.41, 5.74) is 4.57. The molecule has 0 saturated carbocycles. The van der Waals surface area contributed by atoms with Gasteiger partial charge in [-0.2, -0.15) is 0 Å². The number of fused-ring (bicyclic) bond motifs is 1. The normalized spacial score (nSPS) is 16.9. The third-order valence-corrected chi connectivity index (χ3v) is 9.07. The van der Waals surface area contributed by atoms with Crippen molar-refractivity contribution in [1.82, 2.24) is 0 Å². The van der Waals surface area contributed by atoms with Crippen LogP contribution >= 0.6 is 7.60 Å². The first-order chi connectivity index (χ1) is 14.0. The standard InChI is InChI=1S/C24H37O5P/c1-9-24(5,30(26,28-7)29-8)21(25)15-14-17-16-20(23(2,3)4)22(27-6)19-13-11-10-12-18(17)19/h14-16H,9-13H2,1-8H3. The highest BCUT2D eigenvalue weighted by molar-refractivity contribution is 7.56. The van der Waals surface area contributed by atoms with E-state index in [1.165, 1.54) is 31.4 Å². The van der Waals surface area contributed by atoms with Crippen molar-refractivity contribution in [3.8, 4) is 5.75 Å². The van der Waals surface area contributed by atoms with E-state index >= 15 is 0 Å². The molecule has 0 heterocycles. The number of carbonyl (C=O) groups is 1. The summed E-state index contributed by atoms with van der Waals surface area (Å²) in [7, 11) is 0.809. The summed E-state index contributed by atoms with van der Waals surface area (Å²) in [6, 6.07) is 2.14. The molecule has 0 aromatic heterocycles. The second kappa shape index (κ2) is 9.38. The van der Waals surface area contributed by atoms with Crippen molar-refractivity contribution in [2.24, 2.45) is 0 Å². The van der Waals surface area contributed by atoms with Gasteiger partial charge in [0.1, 0.15) is 10.9 Å². The van der Waals surface area contributed by atoms with E-state index in [9.17, 15) is 9.36 Å². The number of ketones is 1. The van der Waals surface area contributed by atoms with Crippen LogP contribution in [0.1, 0.15) is 76.1 Å². The van der Waals surface area contributed by atoms with Crippen molar-refractivity contribution in [3.63, 3.8) is 0 Å². The highest BCUT2D eigenvalue weighted by atomic mass is 31.2. The molecule has 0 fully saturated rings. The van der Waals surface area contributed by atoms with Gasteiger partial charge >= 0.3 is 7.60 Å². The Kier molecular flexibility index (Phi) is 7.77. The Morgan fingerprint density at radius 2 is 1.63 bits per heavy atom. The van der Waals surface area contributed by atoms with Gasteiger partial charge in [-0.1, -0.05) is 33.8 Å². The molecule has 2 rings (SSSR count). The van der Waals surface area contributed by atoms with Gasteiger partial charge in [0.05, 0.1) is 7.11 Å². The quantitative estimate of drug-likeness (QED) is 0.363. The number of rotatable bonds is 8. The molecule has 1 atom stereocenters. The van der Waals surface area contributed by atoms with Crippen LogP contribution in [0.2, 0.25) is 0 Å². The minimum absolute atomic E-state index is 0.0931. The summed E-state index contributed by atoms with van der Waals surface area (Å²) in [4.78, 5) is 13.2. The number of hydrogen-bond donors (Lipinski definition) is 0. The molecule has 1 aliphatic carbocycles. The molecule has 0 amide bonds. The lowest BCUT2D eigenvalue weighted by atomic mass is 9.78. The highest BCUT2D eigenvalue weighted by Gasteiger charge is 2.49. The van der Waals surface area contributed by atoms with Crippen molar-refractivity contribution in [3.05, 3.63) is 34.4 Å². The van der Waals surface area contributed by atoms with Crippen LogP contribution in [-0.4, -0.2) is 32.3 Å². The van der Waals surface area contributed by atoms with Gasteiger partial charge in [0, 0.05) is 19.8 Å². The SMILES string of the molecule is CCC(C)(C(=O)C=Cc1cc(C(C)(C)C)c(OC)c2c1CCCC2)P(=O)(OC)OC. The fourth-order valence-corrected chi connectivity index (χ4v) is 5.90. The van der Waals surface area contributed by atoms with Gasteiger partial charge in [-0.3, -0.25) is 9.36 Å². The molecule has 0 spiro atoms. The Balaban J connectivity index is 2.58. The van der Waals surface area contributed by atoms with E-state index in [-0.39, 0.29) is 11.2 Å². The zero-order valence-electron chi connectivity index (χ0n) is 19.8. The smallest absolute Gasteiger partial charge is 0.343 e. The van der Waals surface area contributed by atoms with Gasteiger partial charge < -0.3 is 13.8 Å². The first kappa shape index (κ1) is 24.8. The lowest BCUT2D eigenvalue weighted by molar-refractivity contribution is -0.117. The molecule has 0 saturated heterocycles. The monoisotopic (exact) mass is 436 g/mol. The number of carbonyl (C=O) groups excluding carboxylic acids is 1. The van der Waals surface area contributed by atoms with E-state index in [2.05, 4.69) is 26.8 Å². The third kappa shape index (κ3) is 4.44. The third-order valence-electron chi connectivity index (χ3n) is 6.37. The molecule has 30 heavy (non-hydrogen) atoms. The van der Waals surface area contributed by atoms with Gasteiger partial charge in [-0.05, 0) is 73.3 Å². The molecular weight excluding hydrogens is 399 g/mol. The summed E-state index contributed by atoms with van der Waals surface area (Å²) in [6.07, 6.45) is 7.95. The molecule has 0 N–H and O–H groups in total. The summed E-state index contributed by atoms with van der Waals surface area (Å²) in [5.74, 6) is 0.719. The molecule has 168 valence electrons. The minimum Gasteiger partial charge on any atom is -0.496 e. The number of hydrogen-bond acceptors (Lipinski definition) is 5. The average molecular weight is 437 g/mol. The first-order valence-electron chi connectivity index (χ1n) is 10.7. The van der Waals surface area contributed by atoms with Gasteiger partial charge in [-0.15, -0.1) is 0 Å². The summed E-state index contributed by atoms with van der Waals surface area (Å²) >= 11 is 0. The maximum absolute atomic E-state index is 13.2. The van der Waals surface area contributed by atoms with E-state index in [0.717, 1.165) is 42.6 Å². The topological polar surface area (TPSA) is 61.8 Å². The number of methoxy groups -OCH3 is 1. The Morgan fingerprint density at radius 3 is 2.10 bits per heavy atom. The van der Waals surface area contributed by atoms with Crippen molar-refractivity contribution >= 4 is 19.5 Å². The van der Waals surface area contributed by atoms with Crippen LogP contribution in [0.4, 0.5) is 0 Å². The Hall–Kier alpha value is -1.42. The van der Waals surface area contributed by atoms with Crippen LogP contribution in [0.15, 0.2) is 12.1 Å². The molecule has 1 aromatic carbocycles. The molecular formula is C24H37O5P. The molecule has 1 unspecified atom stereocenters. The zero-order valence-corrected chi connectivity index (χ0v) is 20.7. The van der Waals surface area contributed by atoms with E-state index in [1.807, 2.05) is 13.0 Å². The zero-order chi connectivity index (χ0) is 22.7. The van der Waals surface area contributed by atoms with Crippen LogP contribution < -0.4 is 4.74 Å². The predicted octanol–water partition coefficient (Wildman–Crippen LogP) is 6.11. The molecule has 1 aromatic rings. The highest BCUT2D eigenvalue weighted by Crippen LogP contribution is 2.60. The van der Waals surface area contributed by atoms with Gasteiger partial charge in [-0.25, -0.2) is 0 Å². The molecule has 5 nitrogen and oxygen atoms in total. The molecule has 0 radical (unpaired) electrons. The average Bonchev–Trinajstić information content (AvgIpc) is 2.74. The van der Waals surface area contributed by atoms with Crippen LogP contribution in [0.3, 0.4) is 0 Å². The van der Waals surface area contributed by atoms with Gasteiger partial charge in [0.15, 0.2) is 5.78 Å². The summed E-state index contributed by atoms with van der Waals surface area (Å²) in [5, 5.41) is -1.23. The maximum atomic E-state index is 13.2. The van der Waals surface area contributed by atoms with Crippen molar-refractivity contribution in [2.45, 2.75) is 77.3 Å². The number of benzene rings is 1. The Labute approximate surface area is 181 Å². The Morgan fingerprint density at radius 1 is 1.07 bits per heavy atom. The predicted molar refractivity (Wildman–Crippen MR) is 123 cm³/mol.